The van der Waals surface area contributed by atoms with E-state index >= 15 is 8.78 Å². The number of unbranched alkanes of at least 4 members (excludes halogenated alkanes) is 1. The quantitative estimate of drug-likeness (QED) is 0.0739. The highest BCUT2D eigenvalue weighted by molar-refractivity contribution is 7.51. The van der Waals surface area contributed by atoms with Crippen molar-refractivity contribution < 1.29 is 32.4 Å². The predicted octanol–water partition coefficient (Wildman–Crippen LogP) is 8.16. The fraction of sp³-hybridized carbons (Fsp3) is 0.267. The molecule has 2 atom stereocenters. The molecule has 4 rings (SSSR count). The Balaban J connectivity index is 1.67. The van der Waals surface area contributed by atoms with Gasteiger partial charge in [0.05, 0.1) is 6.61 Å². The SMILES string of the molecule is C=CCOC(=O)c1cc2cc(C(F)(F)P(N[C@@H](C)C(=O)OCCCC)Oc3cccc4ccccc34)ccc2s1. The van der Waals surface area contributed by atoms with Crippen LogP contribution >= 0.6 is 19.6 Å². The van der Waals surface area contributed by atoms with E-state index in [1.54, 1.807) is 30.3 Å². The van der Waals surface area contributed by atoms with Crippen LogP contribution in [0.5, 0.6) is 5.75 Å². The van der Waals surface area contributed by atoms with E-state index in [1.807, 2.05) is 25.1 Å². The summed E-state index contributed by atoms with van der Waals surface area (Å²) < 4.78 is 49.6. The molecule has 0 aliphatic heterocycles. The standard InChI is InChI=1S/C30H30F2NO5PS/c1-4-6-17-37-28(34)20(3)33-39(38-25-13-9-11-21-10-7-8-12-24(21)25)30(31,32)23-14-15-26-22(18-23)19-27(40-26)29(35)36-16-5-2/h5,7-15,18-20,33H,2,4,6,16-17H2,1,3H3/t20-,39?/m0/s1. The summed E-state index contributed by atoms with van der Waals surface area (Å²) in [6.07, 6.45) is 2.97. The van der Waals surface area contributed by atoms with Crippen molar-refractivity contribution in [1.82, 2.24) is 5.09 Å². The lowest BCUT2D eigenvalue weighted by Crippen LogP contribution is -2.36. The van der Waals surface area contributed by atoms with Gasteiger partial charge in [0, 0.05) is 15.6 Å². The van der Waals surface area contributed by atoms with Gasteiger partial charge in [-0.25, -0.2) is 9.88 Å². The first kappa shape index (κ1) is 29.6. The zero-order valence-electron chi connectivity index (χ0n) is 22.2. The number of fused-ring (bicyclic) bond motifs is 2. The van der Waals surface area contributed by atoms with Crippen molar-refractivity contribution in [2.24, 2.45) is 0 Å². The summed E-state index contributed by atoms with van der Waals surface area (Å²) in [6, 6.07) is 17.2. The lowest BCUT2D eigenvalue weighted by molar-refractivity contribution is -0.145. The van der Waals surface area contributed by atoms with E-state index in [9.17, 15) is 9.59 Å². The van der Waals surface area contributed by atoms with E-state index in [0.29, 0.717) is 26.8 Å². The van der Waals surface area contributed by atoms with E-state index in [4.69, 9.17) is 14.0 Å². The van der Waals surface area contributed by atoms with Crippen LogP contribution in [-0.4, -0.2) is 31.2 Å². The molecule has 3 aromatic carbocycles. The first-order valence-electron chi connectivity index (χ1n) is 12.8. The van der Waals surface area contributed by atoms with Gasteiger partial charge in [-0.15, -0.1) is 11.3 Å². The zero-order chi connectivity index (χ0) is 28.7. The van der Waals surface area contributed by atoms with Crippen LogP contribution < -0.4 is 9.61 Å². The first-order valence-corrected chi connectivity index (χ1v) is 14.9. The van der Waals surface area contributed by atoms with Gasteiger partial charge in [0.15, 0.2) is 0 Å². The van der Waals surface area contributed by atoms with Crippen LogP contribution in [0.15, 0.2) is 79.4 Å². The smallest absolute Gasteiger partial charge is 0.348 e. The van der Waals surface area contributed by atoms with E-state index < -0.39 is 31.9 Å². The minimum atomic E-state index is -3.52. The normalized spacial score (nSPS) is 13.1. The number of carbonyl (C=O) groups is 2. The van der Waals surface area contributed by atoms with Gasteiger partial charge >= 0.3 is 17.6 Å². The maximum atomic E-state index is 16.3. The van der Waals surface area contributed by atoms with Crippen molar-refractivity contribution in [3.63, 3.8) is 0 Å². The molecule has 1 unspecified atom stereocenters. The summed E-state index contributed by atoms with van der Waals surface area (Å²) in [5.74, 6) is -0.908. The molecule has 0 radical (unpaired) electrons. The molecule has 1 heterocycles. The highest BCUT2D eigenvalue weighted by atomic mass is 32.1. The number of hydrogen-bond acceptors (Lipinski definition) is 7. The molecule has 1 aromatic heterocycles. The molecular formula is C30H30F2NO5PS. The number of esters is 2. The third kappa shape index (κ3) is 6.84. The van der Waals surface area contributed by atoms with Gasteiger partial charge in [-0.05, 0) is 48.4 Å². The highest BCUT2D eigenvalue weighted by Crippen LogP contribution is 2.57. The molecule has 0 fully saturated rings. The van der Waals surface area contributed by atoms with Gasteiger partial charge < -0.3 is 14.0 Å². The van der Waals surface area contributed by atoms with Gasteiger partial charge in [0.1, 0.15) is 23.3 Å². The molecule has 4 aromatic rings. The largest absolute Gasteiger partial charge is 0.465 e. The molecule has 210 valence electrons. The van der Waals surface area contributed by atoms with Crippen molar-refractivity contribution >= 4 is 52.4 Å². The molecule has 0 aliphatic carbocycles. The summed E-state index contributed by atoms with van der Waals surface area (Å²) in [5, 5.41) is 4.70. The lowest BCUT2D eigenvalue weighted by Gasteiger charge is -2.29. The zero-order valence-corrected chi connectivity index (χ0v) is 23.9. The number of alkyl halides is 2. The Morgan fingerprint density at radius 1 is 1.07 bits per heavy atom. The van der Waals surface area contributed by atoms with Crippen molar-refractivity contribution in [3.8, 4) is 5.75 Å². The average Bonchev–Trinajstić information content (AvgIpc) is 3.39. The van der Waals surface area contributed by atoms with Crippen LogP contribution in [-0.2, 0) is 19.9 Å². The fourth-order valence-electron chi connectivity index (χ4n) is 3.86. The van der Waals surface area contributed by atoms with Crippen LogP contribution in [0.1, 0.15) is 41.9 Å². The van der Waals surface area contributed by atoms with Gasteiger partial charge in [0.2, 0.25) is 8.30 Å². The summed E-state index contributed by atoms with van der Waals surface area (Å²) in [4.78, 5) is 25.1. The molecule has 0 saturated carbocycles. The molecule has 0 saturated heterocycles. The molecule has 0 bridgehead atoms. The van der Waals surface area contributed by atoms with Gasteiger partial charge in [-0.2, -0.15) is 8.78 Å². The Labute approximate surface area is 236 Å². The second kappa shape index (κ2) is 13.3. The Hall–Kier alpha value is -3.39. The number of benzene rings is 3. The number of nitrogens with one attached hydrogen (secondary N) is 1. The summed E-state index contributed by atoms with van der Waals surface area (Å²) >= 11 is 1.16. The third-order valence-corrected chi connectivity index (χ3v) is 8.86. The van der Waals surface area contributed by atoms with E-state index in [2.05, 4.69) is 11.7 Å². The molecule has 10 heteroatoms. The first-order chi connectivity index (χ1) is 19.2. The van der Waals surface area contributed by atoms with Gasteiger partial charge in [-0.1, -0.05) is 68.5 Å². The summed E-state index contributed by atoms with van der Waals surface area (Å²) in [5.41, 5.74) is -3.83. The maximum absolute atomic E-state index is 16.3. The Morgan fingerprint density at radius 3 is 2.62 bits per heavy atom. The summed E-state index contributed by atoms with van der Waals surface area (Å²) in [7, 11) is -2.77. The molecule has 6 nitrogen and oxygen atoms in total. The topological polar surface area (TPSA) is 73.9 Å². The summed E-state index contributed by atoms with van der Waals surface area (Å²) in [6.45, 7) is 7.23. The number of thiophene rings is 1. The molecule has 0 amide bonds. The minimum absolute atomic E-state index is 0.0525. The van der Waals surface area contributed by atoms with Crippen LogP contribution in [0.4, 0.5) is 8.78 Å². The van der Waals surface area contributed by atoms with Gasteiger partial charge in [-0.3, -0.25) is 4.79 Å². The molecule has 40 heavy (non-hydrogen) atoms. The average molecular weight is 586 g/mol. The van der Waals surface area contributed by atoms with Crippen LogP contribution in [0.2, 0.25) is 0 Å². The molecular weight excluding hydrogens is 555 g/mol. The van der Waals surface area contributed by atoms with Crippen molar-refractivity contribution in [1.29, 1.82) is 0 Å². The van der Waals surface area contributed by atoms with Crippen LogP contribution in [0.25, 0.3) is 20.9 Å². The fourth-order valence-corrected chi connectivity index (χ4v) is 6.32. The second-order valence-corrected chi connectivity index (χ2v) is 11.7. The Morgan fingerprint density at radius 2 is 1.85 bits per heavy atom. The molecule has 0 aliphatic rings. The third-order valence-electron chi connectivity index (χ3n) is 6.00. The van der Waals surface area contributed by atoms with E-state index in [1.165, 1.54) is 31.2 Å². The number of hydrogen-bond donors (Lipinski definition) is 1. The highest BCUT2D eigenvalue weighted by Gasteiger charge is 2.46. The minimum Gasteiger partial charge on any atom is -0.465 e. The van der Waals surface area contributed by atoms with E-state index in [-0.39, 0.29) is 24.5 Å². The van der Waals surface area contributed by atoms with Crippen molar-refractivity contribution in [2.45, 2.75) is 38.4 Å². The van der Waals surface area contributed by atoms with Crippen LogP contribution in [0, 0.1) is 0 Å². The van der Waals surface area contributed by atoms with Crippen molar-refractivity contribution in [3.05, 3.63) is 89.8 Å². The Bertz CT molecular complexity index is 1500. The lowest BCUT2D eigenvalue weighted by atomic mass is 10.1. The maximum Gasteiger partial charge on any atom is 0.348 e. The monoisotopic (exact) mass is 585 g/mol. The van der Waals surface area contributed by atoms with E-state index in [0.717, 1.165) is 23.1 Å². The number of ether oxygens (including phenoxy) is 2. The van der Waals surface area contributed by atoms with Crippen molar-refractivity contribution in [2.75, 3.05) is 13.2 Å². The molecule has 0 spiro atoms. The number of rotatable bonds is 13. The second-order valence-electron chi connectivity index (χ2n) is 9.03. The van der Waals surface area contributed by atoms with Crippen LogP contribution in [0.3, 0.4) is 0 Å². The Kier molecular flexibility index (Phi) is 9.85. The predicted molar refractivity (Wildman–Crippen MR) is 156 cm³/mol. The number of halogens is 2. The number of carbonyl (C=O) groups excluding carboxylic acids is 2. The molecule has 1 N–H and O–H groups in total. The van der Waals surface area contributed by atoms with Gasteiger partial charge in [0.25, 0.3) is 0 Å².